The van der Waals surface area contributed by atoms with Crippen molar-refractivity contribution in [2.75, 3.05) is 18.5 Å². The topological polar surface area (TPSA) is 80.6 Å². The Labute approximate surface area is 133 Å². The number of carbonyl (C=O) groups is 2. The molecule has 1 aromatic heterocycles. The molecule has 0 bridgehead atoms. The molecule has 23 heavy (non-hydrogen) atoms. The number of hydrogen-bond acceptors (Lipinski definition) is 4. The van der Waals surface area contributed by atoms with Gasteiger partial charge in [0.05, 0.1) is 12.4 Å². The van der Waals surface area contributed by atoms with E-state index in [1.807, 2.05) is 0 Å². The summed E-state index contributed by atoms with van der Waals surface area (Å²) in [4.78, 5) is 24.1. The Morgan fingerprint density at radius 2 is 2.09 bits per heavy atom. The van der Waals surface area contributed by atoms with Gasteiger partial charge < -0.3 is 19.8 Å². The Bertz CT molecular complexity index is 676. The summed E-state index contributed by atoms with van der Waals surface area (Å²) < 4.78 is 10.5. The molecule has 2 heterocycles. The van der Waals surface area contributed by atoms with Crippen molar-refractivity contribution in [3.63, 3.8) is 0 Å². The Kier molecular flexibility index (Phi) is 4.73. The van der Waals surface area contributed by atoms with E-state index in [2.05, 4.69) is 10.6 Å². The van der Waals surface area contributed by atoms with E-state index >= 15 is 0 Å². The van der Waals surface area contributed by atoms with E-state index < -0.39 is 0 Å². The molecule has 2 aromatic rings. The molecule has 1 saturated heterocycles. The summed E-state index contributed by atoms with van der Waals surface area (Å²) in [6.45, 7) is 1.26. The second-order valence-corrected chi connectivity index (χ2v) is 5.36. The van der Waals surface area contributed by atoms with Gasteiger partial charge in [0.25, 0.3) is 11.8 Å². The number of hydrogen-bond donors (Lipinski definition) is 2. The van der Waals surface area contributed by atoms with Crippen molar-refractivity contribution in [2.24, 2.45) is 0 Å². The predicted octanol–water partition coefficient (Wildman–Crippen LogP) is 2.44. The van der Waals surface area contributed by atoms with Crippen LogP contribution in [-0.2, 0) is 4.74 Å². The average molecular weight is 314 g/mol. The van der Waals surface area contributed by atoms with Crippen LogP contribution in [0, 0.1) is 0 Å². The summed E-state index contributed by atoms with van der Waals surface area (Å²) in [5, 5.41) is 5.55. The van der Waals surface area contributed by atoms with Crippen LogP contribution in [0.15, 0.2) is 47.1 Å². The first kappa shape index (κ1) is 15.3. The second-order valence-electron chi connectivity index (χ2n) is 5.36. The maximum absolute atomic E-state index is 12.2. The fourth-order valence-electron chi connectivity index (χ4n) is 2.45. The number of carbonyl (C=O) groups excluding carboxylic acids is 2. The summed E-state index contributed by atoms with van der Waals surface area (Å²) in [6.07, 6.45) is 3.54. The first-order valence-electron chi connectivity index (χ1n) is 7.57. The van der Waals surface area contributed by atoms with E-state index in [9.17, 15) is 9.59 Å². The number of ether oxygens (including phenoxy) is 1. The molecule has 6 heteroatoms. The van der Waals surface area contributed by atoms with Crippen LogP contribution in [0.3, 0.4) is 0 Å². The molecular formula is C17H18N2O4. The Hall–Kier alpha value is -2.60. The Morgan fingerprint density at radius 1 is 1.17 bits per heavy atom. The van der Waals surface area contributed by atoms with Crippen LogP contribution in [0.2, 0.25) is 0 Å². The van der Waals surface area contributed by atoms with Gasteiger partial charge in [0.2, 0.25) is 0 Å². The largest absolute Gasteiger partial charge is 0.459 e. The molecule has 1 aliphatic rings. The molecule has 0 spiro atoms. The third-order valence-electron chi connectivity index (χ3n) is 3.64. The number of nitrogens with one attached hydrogen (secondary N) is 2. The van der Waals surface area contributed by atoms with E-state index in [1.54, 1.807) is 36.4 Å². The van der Waals surface area contributed by atoms with Crippen molar-refractivity contribution < 1.29 is 18.7 Å². The molecule has 1 atom stereocenters. The van der Waals surface area contributed by atoms with Gasteiger partial charge in [-0.15, -0.1) is 0 Å². The molecule has 6 nitrogen and oxygen atoms in total. The SMILES string of the molecule is O=C(NC[C@H]1CCCO1)c1cccc(NC(=O)c2ccco2)c1. The van der Waals surface area contributed by atoms with Crippen molar-refractivity contribution >= 4 is 17.5 Å². The molecule has 0 saturated carbocycles. The van der Waals surface area contributed by atoms with Crippen LogP contribution >= 0.6 is 0 Å². The standard InChI is InChI=1S/C17H18N2O4/c20-16(18-11-14-6-2-8-22-14)12-4-1-5-13(10-12)19-17(21)15-7-3-9-23-15/h1,3-5,7,9-10,14H,2,6,8,11H2,(H,18,20)(H,19,21)/t14-/m1/s1. The summed E-state index contributed by atoms with van der Waals surface area (Å²) in [5.41, 5.74) is 1.02. The van der Waals surface area contributed by atoms with Crippen molar-refractivity contribution in [3.05, 3.63) is 54.0 Å². The highest BCUT2D eigenvalue weighted by molar-refractivity contribution is 6.03. The van der Waals surface area contributed by atoms with Crippen LogP contribution in [-0.4, -0.2) is 31.1 Å². The van der Waals surface area contributed by atoms with Crippen LogP contribution in [0.1, 0.15) is 33.8 Å². The van der Waals surface area contributed by atoms with Gasteiger partial charge in [0, 0.05) is 24.4 Å². The van der Waals surface area contributed by atoms with E-state index in [4.69, 9.17) is 9.15 Å². The highest BCUT2D eigenvalue weighted by Crippen LogP contribution is 2.14. The molecule has 2 amide bonds. The zero-order valence-electron chi connectivity index (χ0n) is 12.6. The zero-order valence-corrected chi connectivity index (χ0v) is 12.6. The molecule has 1 aromatic carbocycles. The molecule has 0 unspecified atom stereocenters. The fraction of sp³-hybridized carbons (Fsp3) is 0.294. The lowest BCUT2D eigenvalue weighted by atomic mass is 10.1. The Balaban J connectivity index is 1.60. The Morgan fingerprint density at radius 3 is 2.83 bits per heavy atom. The van der Waals surface area contributed by atoms with Gasteiger partial charge in [-0.25, -0.2) is 0 Å². The third kappa shape index (κ3) is 3.98. The van der Waals surface area contributed by atoms with E-state index in [1.165, 1.54) is 6.26 Å². The second kappa shape index (κ2) is 7.11. The third-order valence-corrected chi connectivity index (χ3v) is 3.64. The minimum atomic E-state index is -0.355. The van der Waals surface area contributed by atoms with Crippen molar-refractivity contribution in [3.8, 4) is 0 Å². The number of amides is 2. The first-order valence-corrected chi connectivity index (χ1v) is 7.57. The molecule has 120 valence electrons. The van der Waals surface area contributed by atoms with Crippen LogP contribution in [0.4, 0.5) is 5.69 Å². The zero-order chi connectivity index (χ0) is 16.1. The highest BCUT2D eigenvalue weighted by atomic mass is 16.5. The van der Waals surface area contributed by atoms with Gasteiger partial charge in [0.15, 0.2) is 5.76 Å². The fourth-order valence-corrected chi connectivity index (χ4v) is 2.45. The van der Waals surface area contributed by atoms with E-state index in [-0.39, 0.29) is 23.7 Å². The smallest absolute Gasteiger partial charge is 0.291 e. The maximum Gasteiger partial charge on any atom is 0.291 e. The van der Waals surface area contributed by atoms with Crippen molar-refractivity contribution in [1.29, 1.82) is 0 Å². The number of rotatable bonds is 5. The van der Waals surface area contributed by atoms with E-state index in [0.717, 1.165) is 19.4 Å². The number of anilines is 1. The molecule has 2 N–H and O–H groups in total. The number of furan rings is 1. The lowest BCUT2D eigenvalue weighted by Gasteiger charge is -2.11. The predicted molar refractivity (Wildman–Crippen MR) is 84.4 cm³/mol. The first-order chi connectivity index (χ1) is 11.2. The number of benzene rings is 1. The van der Waals surface area contributed by atoms with Crippen LogP contribution in [0.5, 0.6) is 0 Å². The normalized spacial score (nSPS) is 17.0. The quantitative estimate of drug-likeness (QED) is 0.888. The minimum absolute atomic E-state index is 0.0980. The van der Waals surface area contributed by atoms with Gasteiger partial charge in [-0.2, -0.15) is 0 Å². The maximum atomic E-state index is 12.2. The van der Waals surface area contributed by atoms with Crippen LogP contribution in [0.25, 0.3) is 0 Å². The van der Waals surface area contributed by atoms with E-state index in [0.29, 0.717) is 17.8 Å². The van der Waals surface area contributed by atoms with Gasteiger partial charge in [-0.05, 0) is 43.2 Å². The van der Waals surface area contributed by atoms with Gasteiger partial charge >= 0.3 is 0 Å². The van der Waals surface area contributed by atoms with Crippen molar-refractivity contribution in [1.82, 2.24) is 5.32 Å². The summed E-state index contributed by atoms with van der Waals surface area (Å²) >= 11 is 0. The summed E-state index contributed by atoms with van der Waals surface area (Å²) in [6, 6.07) is 9.99. The lowest BCUT2D eigenvalue weighted by Crippen LogP contribution is -2.31. The lowest BCUT2D eigenvalue weighted by molar-refractivity contribution is 0.0857. The van der Waals surface area contributed by atoms with Gasteiger partial charge in [-0.1, -0.05) is 6.07 Å². The van der Waals surface area contributed by atoms with Crippen LogP contribution < -0.4 is 10.6 Å². The molecular weight excluding hydrogens is 296 g/mol. The molecule has 1 fully saturated rings. The molecule has 3 rings (SSSR count). The summed E-state index contributed by atoms with van der Waals surface area (Å²) in [5.74, 6) is -0.320. The molecule has 0 aliphatic carbocycles. The monoisotopic (exact) mass is 314 g/mol. The highest BCUT2D eigenvalue weighted by Gasteiger charge is 2.17. The van der Waals surface area contributed by atoms with Crippen molar-refractivity contribution in [2.45, 2.75) is 18.9 Å². The van der Waals surface area contributed by atoms with Gasteiger partial charge in [0.1, 0.15) is 0 Å². The molecule has 1 aliphatic heterocycles. The minimum Gasteiger partial charge on any atom is -0.459 e. The van der Waals surface area contributed by atoms with Gasteiger partial charge in [-0.3, -0.25) is 9.59 Å². The molecule has 0 radical (unpaired) electrons. The average Bonchev–Trinajstić information content (AvgIpc) is 3.26. The summed E-state index contributed by atoms with van der Waals surface area (Å²) in [7, 11) is 0.